The van der Waals surface area contributed by atoms with Gasteiger partial charge >= 0.3 is 7.12 Å². The summed E-state index contributed by atoms with van der Waals surface area (Å²) in [5, 5.41) is 19.7. The van der Waals surface area contributed by atoms with Gasteiger partial charge in [-0.15, -0.1) is 0 Å². The molecular weight excluding hydrogens is 282 g/mol. The number of hydrogen-bond acceptors (Lipinski definition) is 2. The Kier molecular flexibility index (Phi) is 3.60. The molecule has 0 amide bonds. The molecule has 108 valence electrons. The Morgan fingerprint density at radius 2 is 1.52 bits per heavy atom. The highest BCUT2D eigenvalue weighted by atomic mass is 35.5. The minimum Gasteiger partial charge on any atom is -0.423 e. The van der Waals surface area contributed by atoms with Crippen molar-refractivity contribution < 1.29 is 10.0 Å². The highest BCUT2D eigenvalue weighted by molar-refractivity contribution is 6.58. The van der Waals surface area contributed by atoms with Crippen LogP contribution in [-0.2, 0) is 5.41 Å². The Balaban J connectivity index is 2.32. The number of halogens is 1. The van der Waals surface area contributed by atoms with E-state index in [9.17, 15) is 10.0 Å². The molecule has 4 heteroatoms. The summed E-state index contributed by atoms with van der Waals surface area (Å²) in [7, 11) is -1.44. The lowest BCUT2D eigenvalue weighted by molar-refractivity contribution is 0.425. The first-order chi connectivity index (χ1) is 10.0. The van der Waals surface area contributed by atoms with Gasteiger partial charge in [-0.25, -0.2) is 0 Å². The van der Waals surface area contributed by atoms with Gasteiger partial charge in [0.2, 0.25) is 0 Å². The second-order valence-corrected chi connectivity index (χ2v) is 6.09. The van der Waals surface area contributed by atoms with E-state index < -0.39 is 7.12 Å². The van der Waals surface area contributed by atoms with Crippen LogP contribution < -0.4 is 5.46 Å². The van der Waals surface area contributed by atoms with Gasteiger partial charge in [0, 0.05) is 10.4 Å². The number of fused-ring (bicyclic) bond motifs is 3. The van der Waals surface area contributed by atoms with Gasteiger partial charge in [-0.3, -0.25) is 0 Å². The van der Waals surface area contributed by atoms with Crippen molar-refractivity contribution in [2.24, 2.45) is 0 Å². The third kappa shape index (κ3) is 2.03. The smallest absolute Gasteiger partial charge is 0.423 e. The summed E-state index contributed by atoms with van der Waals surface area (Å²) in [5.41, 5.74) is 5.25. The molecule has 0 radical (unpaired) electrons. The zero-order valence-electron chi connectivity index (χ0n) is 12.2. The highest BCUT2D eigenvalue weighted by Crippen LogP contribution is 2.52. The van der Waals surface area contributed by atoms with Crippen molar-refractivity contribution in [3.63, 3.8) is 0 Å². The van der Waals surface area contributed by atoms with Gasteiger partial charge in [-0.2, -0.15) is 0 Å². The quantitative estimate of drug-likeness (QED) is 0.855. The van der Waals surface area contributed by atoms with Gasteiger partial charge in [0.15, 0.2) is 0 Å². The Labute approximate surface area is 130 Å². The lowest BCUT2D eigenvalue weighted by atomic mass is 9.71. The Morgan fingerprint density at radius 3 is 2.10 bits per heavy atom. The van der Waals surface area contributed by atoms with E-state index in [0.29, 0.717) is 5.46 Å². The van der Waals surface area contributed by atoms with E-state index in [1.807, 2.05) is 18.2 Å². The zero-order chi connectivity index (χ0) is 15.2. The van der Waals surface area contributed by atoms with Gasteiger partial charge in [-0.05, 0) is 52.7 Å². The summed E-state index contributed by atoms with van der Waals surface area (Å²) in [6.45, 7) is 4.34. The third-order valence-corrected chi connectivity index (χ3v) is 5.09. The van der Waals surface area contributed by atoms with Gasteiger partial charge in [0.1, 0.15) is 0 Å². The SMILES string of the molecule is CCC1(CC)c2cc(Cl)ccc2-c2ccc(B(O)O)cc21. The lowest BCUT2D eigenvalue weighted by Crippen LogP contribution is -2.32. The van der Waals surface area contributed by atoms with Gasteiger partial charge in [0.25, 0.3) is 0 Å². The first-order valence-electron chi connectivity index (χ1n) is 7.34. The maximum Gasteiger partial charge on any atom is 0.488 e. The van der Waals surface area contributed by atoms with E-state index in [1.165, 1.54) is 22.3 Å². The Morgan fingerprint density at radius 1 is 0.952 bits per heavy atom. The maximum atomic E-state index is 9.47. The second kappa shape index (κ2) is 5.17. The van der Waals surface area contributed by atoms with Crippen LogP contribution in [0.5, 0.6) is 0 Å². The summed E-state index contributed by atoms with van der Waals surface area (Å²) in [4.78, 5) is 0. The van der Waals surface area contributed by atoms with Crippen molar-refractivity contribution in [1.29, 1.82) is 0 Å². The largest absolute Gasteiger partial charge is 0.488 e. The fourth-order valence-electron chi connectivity index (χ4n) is 3.66. The first kappa shape index (κ1) is 14.6. The van der Waals surface area contributed by atoms with Crippen molar-refractivity contribution in [2.75, 3.05) is 0 Å². The summed E-state index contributed by atoms with van der Waals surface area (Å²) in [6.07, 6.45) is 1.91. The minimum absolute atomic E-state index is 0.0968. The highest BCUT2D eigenvalue weighted by Gasteiger charge is 2.41. The maximum absolute atomic E-state index is 9.47. The van der Waals surface area contributed by atoms with Crippen LogP contribution in [0.3, 0.4) is 0 Å². The molecule has 2 aromatic carbocycles. The van der Waals surface area contributed by atoms with Crippen LogP contribution in [0.1, 0.15) is 37.8 Å². The molecule has 21 heavy (non-hydrogen) atoms. The van der Waals surface area contributed by atoms with E-state index in [1.54, 1.807) is 6.07 Å². The first-order valence-corrected chi connectivity index (χ1v) is 7.72. The molecule has 0 unspecified atom stereocenters. The molecule has 0 spiro atoms. The molecule has 0 aliphatic heterocycles. The van der Waals surface area contributed by atoms with E-state index in [0.717, 1.165) is 17.9 Å². The van der Waals surface area contributed by atoms with Gasteiger partial charge in [-0.1, -0.05) is 49.7 Å². The third-order valence-electron chi connectivity index (χ3n) is 4.85. The summed E-state index contributed by atoms with van der Waals surface area (Å²) in [5.74, 6) is 0. The molecular formula is C17H18BClO2. The van der Waals surface area contributed by atoms with E-state index in [4.69, 9.17) is 11.6 Å². The van der Waals surface area contributed by atoms with Crippen molar-refractivity contribution in [1.82, 2.24) is 0 Å². The fraction of sp³-hybridized carbons (Fsp3) is 0.294. The van der Waals surface area contributed by atoms with Crippen molar-refractivity contribution >= 4 is 24.2 Å². The standard InChI is InChI=1S/C17H18BClO2/c1-3-17(4-2)15-9-11(18(20)21)5-7-13(15)14-8-6-12(19)10-16(14)17/h5-10,20-21H,3-4H2,1-2H3. The average Bonchev–Trinajstić information content (AvgIpc) is 2.76. The Hall–Kier alpha value is -1.29. The number of hydrogen-bond donors (Lipinski definition) is 2. The van der Waals surface area contributed by atoms with Crippen molar-refractivity contribution in [3.05, 3.63) is 52.5 Å². The molecule has 0 aromatic heterocycles. The fourth-order valence-corrected chi connectivity index (χ4v) is 3.83. The predicted molar refractivity (Wildman–Crippen MR) is 88.1 cm³/mol. The predicted octanol–water partition coefficient (Wildman–Crippen LogP) is 3.11. The molecule has 2 nitrogen and oxygen atoms in total. The van der Waals surface area contributed by atoms with Crippen molar-refractivity contribution in [2.45, 2.75) is 32.1 Å². The number of benzene rings is 2. The molecule has 1 aliphatic carbocycles. The molecule has 0 saturated carbocycles. The molecule has 0 bridgehead atoms. The van der Waals surface area contributed by atoms with Crippen LogP contribution in [-0.4, -0.2) is 17.2 Å². The topological polar surface area (TPSA) is 40.5 Å². The normalized spacial score (nSPS) is 14.7. The second-order valence-electron chi connectivity index (χ2n) is 5.66. The van der Waals surface area contributed by atoms with Gasteiger partial charge < -0.3 is 10.0 Å². The molecule has 1 aliphatic rings. The summed E-state index contributed by atoms with van der Waals surface area (Å²) >= 11 is 6.21. The van der Waals surface area contributed by atoms with Crippen LogP contribution in [0, 0.1) is 0 Å². The van der Waals surface area contributed by atoms with E-state index in [-0.39, 0.29) is 5.41 Å². The van der Waals surface area contributed by atoms with Crippen LogP contribution in [0.4, 0.5) is 0 Å². The molecule has 0 atom stereocenters. The van der Waals surface area contributed by atoms with Crippen LogP contribution in [0.2, 0.25) is 5.02 Å². The minimum atomic E-state index is -1.44. The lowest BCUT2D eigenvalue weighted by Gasteiger charge is -2.30. The van der Waals surface area contributed by atoms with Crippen LogP contribution in [0.15, 0.2) is 36.4 Å². The van der Waals surface area contributed by atoms with Crippen LogP contribution >= 0.6 is 11.6 Å². The van der Waals surface area contributed by atoms with Crippen molar-refractivity contribution in [3.8, 4) is 11.1 Å². The summed E-state index contributed by atoms with van der Waals surface area (Å²) in [6, 6.07) is 11.7. The monoisotopic (exact) mass is 300 g/mol. The summed E-state index contributed by atoms with van der Waals surface area (Å²) < 4.78 is 0. The number of rotatable bonds is 3. The van der Waals surface area contributed by atoms with Crippen LogP contribution in [0.25, 0.3) is 11.1 Å². The molecule has 2 aromatic rings. The average molecular weight is 301 g/mol. The molecule has 2 N–H and O–H groups in total. The van der Waals surface area contributed by atoms with E-state index in [2.05, 4.69) is 26.0 Å². The molecule has 0 heterocycles. The molecule has 0 saturated heterocycles. The van der Waals surface area contributed by atoms with Gasteiger partial charge in [0.05, 0.1) is 0 Å². The zero-order valence-corrected chi connectivity index (χ0v) is 13.0. The Bertz CT molecular complexity index is 693. The van der Waals surface area contributed by atoms with E-state index >= 15 is 0 Å². The molecule has 3 rings (SSSR count). The molecule has 0 fully saturated rings.